The number of hydrogen-bond donors (Lipinski definition) is 2. The molecule has 142 valence electrons. The molecular weight excluding hydrogens is 362 g/mol. The summed E-state index contributed by atoms with van der Waals surface area (Å²) in [6.07, 6.45) is 0. The smallest absolute Gasteiger partial charge is 0.232 e. The number of nitrogens with one attached hydrogen (secondary N) is 2. The van der Waals surface area contributed by atoms with Gasteiger partial charge in [0.1, 0.15) is 11.6 Å². The Kier molecular flexibility index (Phi) is 4.95. The average molecular weight is 381 g/mol. The van der Waals surface area contributed by atoms with Crippen LogP contribution in [0.4, 0.5) is 17.5 Å². The van der Waals surface area contributed by atoms with E-state index >= 15 is 0 Å². The van der Waals surface area contributed by atoms with Gasteiger partial charge in [0.2, 0.25) is 11.8 Å². The van der Waals surface area contributed by atoms with Crippen LogP contribution in [0.1, 0.15) is 11.1 Å². The van der Waals surface area contributed by atoms with Crippen LogP contribution in [0.3, 0.4) is 0 Å². The highest BCUT2D eigenvalue weighted by Crippen LogP contribution is 2.30. The Hall–Kier alpha value is -4.11. The minimum atomic E-state index is 0.403. The van der Waals surface area contributed by atoms with Gasteiger partial charge in [0.25, 0.3) is 0 Å². The number of benzene rings is 3. The highest BCUT2D eigenvalue weighted by Gasteiger charge is 2.13. The van der Waals surface area contributed by atoms with Gasteiger partial charge in [-0.05, 0) is 54.1 Å². The van der Waals surface area contributed by atoms with Gasteiger partial charge in [0.05, 0.1) is 17.2 Å². The first-order chi connectivity index (χ1) is 14.2. The van der Waals surface area contributed by atoms with E-state index < -0.39 is 0 Å². The van der Waals surface area contributed by atoms with E-state index in [0.29, 0.717) is 29.0 Å². The maximum absolute atomic E-state index is 8.94. The number of fused-ring (bicyclic) bond motifs is 1. The van der Waals surface area contributed by atoms with Crippen LogP contribution in [0.15, 0.2) is 66.7 Å². The molecule has 0 radical (unpaired) electrons. The third kappa shape index (κ3) is 3.94. The van der Waals surface area contributed by atoms with Gasteiger partial charge in [-0.15, -0.1) is 0 Å². The largest absolute Gasteiger partial charge is 0.438 e. The molecular formula is C23H19N5O. The Morgan fingerprint density at radius 2 is 1.69 bits per heavy atom. The molecule has 0 fully saturated rings. The minimum absolute atomic E-state index is 0.403. The Balaban J connectivity index is 1.66. The third-order valence-corrected chi connectivity index (χ3v) is 4.54. The second-order valence-corrected chi connectivity index (χ2v) is 6.50. The average Bonchev–Trinajstić information content (AvgIpc) is 2.76. The summed E-state index contributed by atoms with van der Waals surface area (Å²) in [4.78, 5) is 9.05. The lowest BCUT2D eigenvalue weighted by Crippen LogP contribution is -2.05. The molecule has 0 atom stereocenters. The first kappa shape index (κ1) is 18.3. The molecule has 2 N–H and O–H groups in total. The monoisotopic (exact) mass is 381 g/mol. The van der Waals surface area contributed by atoms with Crippen LogP contribution in [0.5, 0.6) is 11.6 Å². The number of nitriles is 1. The van der Waals surface area contributed by atoms with E-state index in [-0.39, 0.29) is 0 Å². The Morgan fingerprint density at radius 3 is 2.41 bits per heavy atom. The lowest BCUT2D eigenvalue weighted by Gasteiger charge is -2.14. The van der Waals surface area contributed by atoms with Crippen LogP contribution in [0, 0.1) is 18.3 Å². The summed E-state index contributed by atoms with van der Waals surface area (Å²) >= 11 is 0. The van der Waals surface area contributed by atoms with Crippen molar-refractivity contribution in [2.45, 2.75) is 6.92 Å². The molecule has 1 heterocycles. The zero-order valence-corrected chi connectivity index (χ0v) is 16.1. The van der Waals surface area contributed by atoms with Gasteiger partial charge in [-0.25, -0.2) is 0 Å². The first-order valence-corrected chi connectivity index (χ1v) is 9.16. The van der Waals surface area contributed by atoms with E-state index in [1.165, 1.54) is 0 Å². The zero-order valence-electron chi connectivity index (χ0n) is 16.1. The second-order valence-electron chi connectivity index (χ2n) is 6.50. The molecule has 6 nitrogen and oxygen atoms in total. The molecule has 1 aromatic heterocycles. The molecule has 0 amide bonds. The summed E-state index contributed by atoms with van der Waals surface area (Å²) in [6.45, 7) is 1.91. The van der Waals surface area contributed by atoms with Crippen LogP contribution in [-0.4, -0.2) is 17.0 Å². The molecule has 0 unspecified atom stereocenters. The predicted molar refractivity (Wildman–Crippen MR) is 115 cm³/mol. The fraction of sp³-hybridized carbons (Fsp3) is 0.0870. The third-order valence-electron chi connectivity index (χ3n) is 4.54. The predicted octanol–water partition coefficient (Wildman–Crippen LogP) is 5.39. The van der Waals surface area contributed by atoms with Crippen LogP contribution in [-0.2, 0) is 0 Å². The zero-order chi connectivity index (χ0) is 20.2. The van der Waals surface area contributed by atoms with Gasteiger partial charge in [-0.1, -0.05) is 30.3 Å². The molecule has 0 aliphatic heterocycles. The molecule has 29 heavy (non-hydrogen) atoms. The lowest BCUT2D eigenvalue weighted by molar-refractivity contribution is 0.459. The molecule has 0 aliphatic rings. The Morgan fingerprint density at radius 1 is 0.931 bits per heavy atom. The van der Waals surface area contributed by atoms with E-state index in [1.807, 2.05) is 55.5 Å². The summed E-state index contributed by atoms with van der Waals surface area (Å²) in [5, 5.41) is 17.4. The standard InChI is InChI=1S/C23H19N5O/c1-15-21(25-2)27-23(26-19-10-7-16(14-24)8-11-19)28-22(15)29-20-12-9-17-5-3-4-6-18(17)13-20/h3-13H,1-2H3,(H2,25,26,27,28). The van der Waals surface area contributed by atoms with E-state index in [1.54, 1.807) is 19.2 Å². The van der Waals surface area contributed by atoms with Crippen LogP contribution in [0.25, 0.3) is 10.8 Å². The van der Waals surface area contributed by atoms with Crippen molar-refractivity contribution >= 4 is 28.2 Å². The normalized spacial score (nSPS) is 10.4. The van der Waals surface area contributed by atoms with Crippen LogP contribution >= 0.6 is 0 Å². The summed E-state index contributed by atoms with van der Waals surface area (Å²) in [7, 11) is 1.81. The first-order valence-electron chi connectivity index (χ1n) is 9.16. The van der Waals surface area contributed by atoms with Gasteiger partial charge in [0, 0.05) is 12.7 Å². The van der Waals surface area contributed by atoms with Gasteiger partial charge in [0.15, 0.2) is 0 Å². The fourth-order valence-electron chi connectivity index (χ4n) is 2.99. The van der Waals surface area contributed by atoms with Crippen molar-refractivity contribution < 1.29 is 4.74 Å². The number of anilines is 3. The van der Waals surface area contributed by atoms with E-state index in [0.717, 1.165) is 22.0 Å². The van der Waals surface area contributed by atoms with Gasteiger partial charge in [-0.3, -0.25) is 0 Å². The number of rotatable bonds is 5. The Bertz CT molecular complexity index is 1210. The molecule has 4 aromatic rings. The van der Waals surface area contributed by atoms with Crippen LogP contribution < -0.4 is 15.4 Å². The highest BCUT2D eigenvalue weighted by atomic mass is 16.5. The minimum Gasteiger partial charge on any atom is -0.438 e. The van der Waals surface area contributed by atoms with Crippen molar-refractivity contribution in [2.75, 3.05) is 17.7 Å². The van der Waals surface area contributed by atoms with Crippen molar-refractivity contribution in [3.8, 4) is 17.7 Å². The second kappa shape index (κ2) is 7.87. The molecule has 0 spiro atoms. The van der Waals surface area contributed by atoms with Crippen molar-refractivity contribution in [3.63, 3.8) is 0 Å². The quantitative estimate of drug-likeness (QED) is 0.482. The van der Waals surface area contributed by atoms with Gasteiger partial charge < -0.3 is 15.4 Å². The SMILES string of the molecule is CNc1nc(Nc2ccc(C#N)cc2)nc(Oc2ccc3ccccc3c2)c1C. The fourth-order valence-corrected chi connectivity index (χ4v) is 2.99. The van der Waals surface area contributed by atoms with E-state index in [9.17, 15) is 0 Å². The van der Waals surface area contributed by atoms with Crippen molar-refractivity contribution in [1.29, 1.82) is 5.26 Å². The van der Waals surface area contributed by atoms with Gasteiger partial charge in [-0.2, -0.15) is 15.2 Å². The van der Waals surface area contributed by atoms with Crippen LogP contribution in [0.2, 0.25) is 0 Å². The van der Waals surface area contributed by atoms with Crippen molar-refractivity contribution in [3.05, 3.63) is 77.9 Å². The molecule has 3 aromatic carbocycles. The number of hydrogen-bond acceptors (Lipinski definition) is 6. The van der Waals surface area contributed by atoms with Gasteiger partial charge >= 0.3 is 0 Å². The molecule has 0 saturated carbocycles. The van der Waals surface area contributed by atoms with Crippen molar-refractivity contribution in [2.24, 2.45) is 0 Å². The maximum Gasteiger partial charge on any atom is 0.232 e. The number of aromatic nitrogens is 2. The maximum atomic E-state index is 8.94. The van der Waals surface area contributed by atoms with E-state index in [4.69, 9.17) is 10.00 Å². The summed E-state index contributed by atoms with van der Waals surface area (Å²) in [5.41, 5.74) is 2.19. The summed E-state index contributed by atoms with van der Waals surface area (Å²) < 4.78 is 6.10. The molecule has 4 rings (SSSR count). The van der Waals surface area contributed by atoms with Crippen molar-refractivity contribution in [1.82, 2.24) is 9.97 Å². The highest BCUT2D eigenvalue weighted by molar-refractivity contribution is 5.83. The number of ether oxygens (including phenoxy) is 1. The summed E-state index contributed by atoms with van der Waals surface area (Å²) in [5.74, 6) is 2.25. The number of nitrogens with zero attached hydrogens (tertiary/aromatic N) is 3. The molecule has 0 saturated heterocycles. The lowest BCUT2D eigenvalue weighted by atomic mass is 10.1. The van der Waals surface area contributed by atoms with E-state index in [2.05, 4.69) is 32.7 Å². The molecule has 0 aliphatic carbocycles. The molecule has 6 heteroatoms. The Labute approximate surface area is 168 Å². The topological polar surface area (TPSA) is 82.9 Å². The molecule has 0 bridgehead atoms. The summed E-state index contributed by atoms with van der Waals surface area (Å²) in [6, 6.07) is 23.3.